The number of imidazole rings is 1. The van der Waals surface area contributed by atoms with Crippen molar-refractivity contribution >= 4 is 5.65 Å². The van der Waals surface area contributed by atoms with Gasteiger partial charge in [-0.15, -0.1) is 0 Å². The van der Waals surface area contributed by atoms with Gasteiger partial charge in [0, 0.05) is 18.8 Å². The van der Waals surface area contributed by atoms with Crippen molar-refractivity contribution in [2.75, 3.05) is 7.05 Å². The molecule has 124 valence electrons. The molecule has 6 heteroatoms. The van der Waals surface area contributed by atoms with Crippen LogP contribution in [0.5, 0.6) is 0 Å². The van der Waals surface area contributed by atoms with Crippen LogP contribution in [0.1, 0.15) is 37.4 Å². The van der Waals surface area contributed by atoms with Gasteiger partial charge in [-0.25, -0.2) is 13.9 Å². The Hall–Kier alpha value is -1.95. The van der Waals surface area contributed by atoms with Crippen LogP contribution in [0.25, 0.3) is 5.65 Å². The Morgan fingerprint density at radius 2 is 2.26 bits per heavy atom. The molecule has 0 aliphatic heterocycles. The average molecular weight is 317 g/mol. The van der Waals surface area contributed by atoms with Gasteiger partial charge in [0.15, 0.2) is 5.65 Å². The number of aromatic nitrogens is 3. The molecule has 1 aliphatic carbocycles. The fourth-order valence-corrected chi connectivity index (χ4v) is 3.26. The molecule has 0 bridgehead atoms. The van der Waals surface area contributed by atoms with Crippen LogP contribution in [0.2, 0.25) is 0 Å². The van der Waals surface area contributed by atoms with Crippen LogP contribution < -0.4 is 10.6 Å². The topological polar surface area (TPSA) is 54.2 Å². The second-order valence-corrected chi connectivity index (χ2v) is 6.78. The first-order valence-corrected chi connectivity index (χ1v) is 8.03. The molecule has 0 amide bonds. The second-order valence-electron chi connectivity index (χ2n) is 6.78. The van der Waals surface area contributed by atoms with E-state index in [4.69, 9.17) is 0 Å². The second kappa shape index (κ2) is 6.28. The lowest BCUT2D eigenvalue weighted by atomic mass is 9.71. The number of rotatable bonds is 7. The molecule has 0 unspecified atom stereocenters. The van der Waals surface area contributed by atoms with E-state index < -0.39 is 5.67 Å². The number of nitrogens with zero attached hydrogens (tertiary/aromatic N) is 3. The van der Waals surface area contributed by atoms with Crippen LogP contribution in [-0.4, -0.2) is 27.3 Å². The van der Waals surface area contributed by atoms with Crippen LogP contribution in [-0.2, 0) is 13.1 Å². The monoisotopic (exact) mass is 317 g/mol. The fourth-order valence-electron chi connectivity index (χ4n) is 3.26. The number of halogens is 1. The van der Waals surface area contributed by atoms with Crippen LogP contribution in [0, 0.1) is 5.92 Å². The van der Waals surface area contributed by atoms with Crippen LogP contribution in [0.15, 0.2) is 30.7 Å². The molecule has 0 saturated heterocycles. The lowest BCUT2D eigenvalue weighted by molar-refractivity contribution is 0.0251. The van der Waals surface area contributed by atoms with Gasteiger partial charge in [0.05, 0.1) is 18.1 Å². The molecular formula is C17H24FN5. The number of hydrogen-bond acceptors (Lipinski definition) is 4. The summed E-state index contributed by atoms with van der Waals surface area (Å²) in [6.45, 7) is 7.11. The van der Waals surface area contributed by atoms with Crippen molar-refractivity contribution in [1.82, 2.24) is 25.2 Å². The Labute approximate surface area is 136 Å². The molecule has 1 fully saturated rings. The van der Waals surface area contributed by atoms with E-state index in [0.29, 0.717) is 25.3 Å². The highest BCUT2D eigenvalue weighted by Crippen LogP contribution is 2.43. The molecule has 2 aromatic heterocycles. The summed E-state index contributed by atoms with van der Waals surface area (Å²) in [5, 5.41) is 10.8. The van der Waals surface area contributed by atoms with Crippen molar-refractivity contribution in [2.24, 2.45) is 5.92 Å². The van der Waals surface area contributed by atoms with Gasteiger partial charge in [0.1, 0.15) is 5.67 Å². The molecule has 0 aromatic carbocycles. The Morgan fingerprint density at radius 1 is 1.48 bits per heavy atom. The molecule has 0 radical (unpaired) electrons. The Morgan fingerprint density at radius 3 is 2.96 bits per heavy atom. The quantitative estimate of drug-likeness (QED) is 0.824. The Kier molecular flexibility index (Phi) is 4.35. The van der Waals surface area contributed by atoms with Gasteiger partial charge in [-0.2, -0.15) is 5.10 Å². The van der Waals surface area contributed by atoms with Crippen LogP contribution in [0.4, 0.5) is 4.39 Å². The smallest absolute Gasteiger partial charge is 0.154 e. The standard InChI is InChI=1S/C17H24FN5/c1-12(4-13-6-17(2,18)7-13)20-8-14-5-16-22-15(10-19-3)11-23(16)21-9-14/h5,9,11,13,19-20H,1,4,6-8,10H2,2-3H3. The van der Waals surface area contributed by atoms with Gasteiger partial charge in [-0.05, 0) is 50.8 Å². The Bertz CT molecular complexity index is 698. The molecule has 3 rings (SSSR count). The number of alkyl halides is 1. The van der Waals surface area contributed by atoms with Gasteiger partial charge >= 0.3 is 0 Å². The predicted octanol–water partition coefficient (Wildman–Crippen LogP) is 2.58. The summed E-state index contributed by atoms with van der Waals surface area (Å²) in [6, 6.07) is 2.02. The highest BCUT2D eigenvalue weighted by atomic mass is 19.1. The minimum Gasteiger partial charge on any atom is -0.385 e. The van der Waals surface area contributed by atoms with Crippen molar-refractivity contribution < 1.29 is 4.39 Å². The lowest BCUT2D eigenvalue weighted by Crippen LogP contribution is -2.37. The molecule has 5 nitrogen and oxygen atoms in total. The number of nitrogens with one attached hydrogen (secondary N) is 2. The minimum atomic E-state index is -0.967. The van der Waals surface area contributed by atoms with Crippen LogP contribution >= 0.6 is 0 Å². The van der Waals surface area contributed by atoms with Crippen molar-refractivity contribution in [3.05, 3.63) is 42.0 Å². The van der Waals surface area contributed by atoms with Gasteiger partial charge in [0.2, 0.25) is 0 Å². The van der Waals surface area contributed by atoms with Gasteiger partial charge in [-0.3, -0.25) is 0 Å². The summed E-state index contributed by atoms with van der Waals surface area (Å²) in [6.07, 6.45) is 5.88. The lowest BCUT2D eigenvalue weighted by Gasteiger charge is -2.39. The summed E-state index contributed by atoms with van der Waals surface area (Å²) < 4.78 is 15.3. The van der Waals surface area contributed by atoms with E-state index >= 15 is 0 Å². The molecule has 2 aromatic rings. The summed E-state index contributed by atoms with van der Waals surface area (Å²) in [4.78, 5) is 4.52. The van der Waals surface area contributed by atoms with E-state index in [-0.39, 0.29) is 0 Å². The molecule has 1 aliphatic rings. The molecule has 2 heterocycles. The molecule has 0 atom stereocenters. The highest BCUT2D eigenvalue weighted by molar-refractivity contribution is 5.40. The molecule has 23 heavy (non-hydrogen) atoms. The van der Waals surface area contributed by atoms with Gasteiger partial charge < -0.3 is 10.6 Å². The third kappa shape index (κ3) is 3.88. The van der Waals surface area contributed by atoms with Crippen LogP contribution in [0.3, 0.4) is 0 Å². The maximum absolute atomic E-state index is 13.5. The molecule has 1 saturated carbocycles. The molecule has 0 spiro atoms. The normalized spacial score (nSPS) is 23.7. The summed E-state index contributed by atoms with van der Waals surface area (Å²) in [5.74, 6) is 0.419. The van der Waals surface area contributed by atoms with E-state index in [2.05, 4.69) is 27.3 Å². The van der Waals surface area contributed by atoms with Crippen molar-refractivity contribution in [3.63, 3.8) is 0 Å². The maximum atomic E-state index is 13.5. The van der Waals surface area contributed by atoms with Crippen molar-refractivity contribution in [1.29, 1.82) is 0 Å². The van der Waals surface area contributed by atoms with Gasteiger partial charge in [0.25, 0.3) is 0 Å². The molecular weight excluding hydrogens is 293 g/mol. The zero-order chi connectivity index (χ0) is 16.4. The zero-order valence-corrected chi connectivity index (χ0v) is 13.8. The minimum absolute atomic E-state index is 0.419. The van der Waals surface area contributed by atoms with Gasteiger partial charge in [-0.1, -0.05) is 6.58 Å². The summed E-state index contributed by atoms with van der Waals surface area (Å²) in [5.41, 5.74) is 2.86. The Balaban J connectivity index is 1.53. The first kappa shape index (κ1) is 15.9. The summed E-state index contributed by atoms with van der Waals surface area (Å²) >= 11 is 0. The van der Waals surface area contributed by atoms with E-state index in [1.54, 1.807) is 11.4 Å². The first-order valence-electron chi connectivity index (χ1n) is 8.03. The number of fused-ring (bicyclic) bond motifs is 1. The predicted molar refractivity (Wildman–Crippen MR) is 88.6 cm³/mol. The average Bonchev–Trinajstić information content (AvgIpc) is 2.85. The fraction of sp³-hybridized carbons (Fsp3) is 0.529. The SMILES string of the molecule is C=C(CC1CC(C)(F)C1)NCc1cnn2cc(CNC)nc2c1. The summed E-state index contributed by atoms with van der Waals surface area (Å²) in [7, 11) is 1.89. The van der Waals surface area contributed by atoms with E-state index in [0.717, 1.165) is 35.6 Å². The largest absolute Gasteiger partial charge is 0.385 e. The third-order valence-electron chi connectivity index (χ3n) is 4.29. The first-order chi connectivity index (χ1) is 10.9. The third-order valence-corrected chi connectivity index (χ3v) is 4.29. The van der Waals surface area contributed by atoms with E-state index in [9.17, 15) is 4.39 Å². The van der Waals surface area contributed by atoms with E-state index in [1.807, 2.05) is 25.5 Å². The van der Waals surface area contributed by atoms with Crippen molar-refractivity contribution in [2.45, 2.75) is 44.9 Å². The number of hydrogen-bond donors (Lipinski definition) is 2. The maximum Gasteiger partial charge on any atom is 0.154 e. The molecule has 2 N–H and O–H groups in total. The highest BCUT2D eigenvalue weighted by Gasteiger charge is 2.40. The van der Waals surface area contributed by atoms with Crippen molar-refractivity contribution in [3.8, 4) is 0 Å². The zero-order valence-electron chi connectivity index (χ0n) is 13.8. The number of allylic oxidation sites excluding steroid dienone is 1. The van der Waals surface area contributed by atoms with E-state index in [1.165, 1.54) is 0 Å².